The van der Waals surface area contributed by atoms with Gasteiger partial charge in [-0.3, -0.25) is 4.79 Å². The molecule has 0 heterocycles. The van der Waals surface area contributed by atoms with Gasteiger partial charge in [0.25, 0.3) is 0 Å². The molecule has 1 aromatic rings. The van der Waals surface area contributed by atoms with Crippen molar-refractivity contribution in [2.75, 3.05) is 0 Å². The Balaban J connectivity index is 2.31. The number of rotatable bonds is 9. The summed E-state index contributed by atoms with van der Waals surface area (Å²) >= 11 is 0. The fourth-order valence-electron chi connectivity index (χ4n) is 2.44. The molecule has 1 rings (SSSR count). The van der Waals surface area contributed by atoms with Gasteiger partial charge in [-0.15, -0.1) is 0 Å². The van der Waals surface area contributed by atoms with E-state index in [4.69, 9.17) is 10.5 Å². The summed E-state index contributed by atoms with van der Waals surface area (Å²) < 4.78 is 4.88. The number of carbonyl (C=O) groups excluding carboxylic acids is 2. The molecule has 0 spiro atoms. The molecule has 0 radical (unpaired) electrons. The highest BCUT2D eigenvalue weighted by molar-refractivity contribution is 5.88. The Kier molecular flexibility index (Phi) is 8.56. The van der Waals surface area contributed by atoms with Crippen LogP contribution in [0.15, 0.2) is 30.3 Å². The maximum atomic E-state index is 11.9. The minimum Gasteiger partial charge on any atom is -0.392 e. The third-order valence-electron chi connectivity index (χ3n) is 3.81. The highest BCUT2D eigenvalue weighted by Gasteiger charge is 2.20. The molecule has 1 aromatic carbocycles. The van der Waals surface area contributed by atoms with E-state index in [9.17, 15) is 9.59 Å². The Labute approximate surface area is 139 Å². The fourth-order valence-corrected chi connectivity index (χ4v) is 2.44. The molecule has 0 saturated carbocycles. The summed E-state index contributed by atoms with van der Waals surface area (Å²) in [6.45, 7) is 6.38. The molecule has 0 aliphatic rings. The number of benzene rings is 1. The van der Waals surface area contributed by atoms with Crippen LogP contribution in [-0.4, -0.2) is 18.0 Å². The SMILES string of the molecule is CC(C)CCCC(C)CC(=O)OC(=O)C(N)Cc1ccccc1. The van der Waals surface area contributed by atoms with E-state index >= 15 is 0 Å². The lowest BCUT2D eigenvalue weighted by molar-refractivity contribution is -0.161. The van der Waals surface area contributed by atoms with Crippen LogP contribution < -0.4 is 5.73 Å². The first-order chi connectivity index (χ1) is 10.9. The van der Waals surface area contributed by atoms with Gasteiger partial charge >= 0.3 is 11.9 Å². The van der Waals surface area contributed by atoms with E-state index < -0.39 is 18.0 Å². The number of carbonyl (C=O) groups is 2. The second-order valence-electron chi connectivity index (χ2n) is 6.72. The first kappa shape index (κ1) is 19.4. The van der Waals surface area contributed by atoms with E-state index in [-0.39, 0.29) is 12.3 Å². The summed E-state index contributed by atoms with van der Waals surface area (Å²) in [6.07, 6.45) is 3.85. The highest BCUT2D eigenvalue weighted by Crippen LogP contribution is 2.16. The van der Waals surface area contributed by atoms with E-state index in [2.05, 4.69) is 13.8 Å². The van der Waals surface area contributed by atoms with Crippen molar-refractivity contribution >= 4 is 11.9 Å². The lowest BCUT2D eigenvalue weighted by Crippen LogP contribution is -2.35. The Morgan fingerprint density at radius 3 is 2.35 bits per heavy atom. The largest absolute Gasteiger partial charge is 0.392 e. The Morgan fingerprint density at radius 1 is 1.09 bits per heavy atom. The van der Waals surface area contributed by atoms with Gasteiger partial charge in [-0.05, 0) is 23.8 Å². The van der Waals surface area contributed by atoms with Gasteiger partial charge in [0.1, 0.15) is 6.04 Å². The number of nitrogens with two attached hydrogens (primary N) is 1. The van der Waals surface area contributed by atoms with Crippen LogP contribution in [0.5, 0.6) is 0 Å². The fraction of sp³-hybridized carbons (Fsp3) is 0.579. The standard InChI is InChI=1S/C19H29NO3/c1-14(2)8-7-9-15(3)12-18(21)23-19(22)17(20)13-16-10-5-4-6-11-16/h4-6,10-11,14-15,17H,7-9,12-13,20H2,1-3H3. The third kappa shape index (κ3) is 8.50. The molecule has 0 aliphatic heterocycles. The first-order valence-electron chi connectivity index (χ1n) is 8.42. The van der Waals surface area contributed by atoms with Gasteiger partial charge in [0.2, 0.25) is 0 Å². The third-order valence-corrected chi connectivity index (χ3v) is 3.81. The molecule has 0 fully saturated rings. The van der Waals surface area contributed by atoms with Gasteiger partial charge in [0, 0.05) is 6.42 Å². The van der Waals surface area contributed by atoms with Crippen LogP contribution in [0.2, 0.25) is 0 Å². The number of hydrogen-bond acceptors (Lipinski definition) is 4. The Bertz CT molecular complexity index is 485. The van der Waals surface area contributed by atoms with Gasteiger partial charge in [0.15, 0.2) is 0 Å². The minimum absolute atomic E-state index is 0.222. The van der Waals surface area contributed by atoms with Crippen molar-refractivity contribution in [3.63, 3.8) is 0 Å². The second-order valence-corrected chi connectivity index (χ2v) is 6.72. The molecular formula is C19H29NO3. The molecular weight excluding hydrogens is 290 g/mol. The zero-order chi connectivity index (χ0) is 17.2. The molecule has 2 N–H and O–H groups in total. The van der Waals surface area contributed by atoms with Crippen LogP contribution in [0, 0.1) is 11.8 Å². The van der Waals surface area contributed by atoms with Crippen LogP contribution in [0.4, 0.5) is 0 Å². The van der Waals surface area contributed by atoms with Crippen LogP contribution in [-0.2, 0) is 20.7 Å². The average molecular weight is 319 g/mol. The molecule has 128 valence electrons. The molecule has 0 aromatic heterocycles. The highest BCUT2D eigenvalue weighted by atomic mass is 16.6. The summed E-state index contributed by atoms with van der Waals surface area (Å²) in [5, 5.41) is 0. The molecule has 4 heteroatoms. The van der Waals surface area contributed by atoms with Crippen molar-refractivity contribution in [1.29, 1.82) is 0 Å². The molecule has 0 saturated heterocycles. The maximum Gasteiger partial charge on any atom is 0.330 e. The van der Waals surface area contributed by atoms with Gasteiger partial charge in [-0.1, -0.05) is 70.4 Å². The smallest absolute Gasteiger partial charge is 0.330 e. The lowest BCUT2D eigenvalue weighted by atomic mass is 9.97. The summed E-state index contributed by atoms with van der Waals surface area (Å²) in [5.41, 5.74) is 6.77. The molecule has 0 bridgehead atoms. The van der Waals surface area contributed by atoms with Crippen molar-refractivity contribution in [3.05, 3.63) is 35.9 Å². The monoisotopic (exact) mass is 319 g/mol. The topological polar surface area (TPSA) is 69.4 Å². The summed E-state index contributed by atoms with van der Waals surface area (Å²) in [4.78, 5) is 23.7. The average Bonchev–Trinajstić information content (AvgIpc) is 2.47. The maximum absolute atomic E-state index is 11.9. The molecule has 4 nitrogen and oxygen atoms in total. The van der Waals surface area contributed by atoms with Crippen molar-refractivity contribution < 1.29 is 14.3 Å². The van der Waals surface area contributed by atoms with E-state index in [1.54, 1.807) is 0 Å². The summed E-state index contributed by atoms with van der Waals surface area (Å²) in [7, 11) is 0. The molecule has 0 aliphatic carbocycles. The Hall–Kier alpha value is -1.68. The summed E-state index contributed by atoms with van der Waals surface area (Å²) in [5.74, 6) is -0.227. The molecule has 2 atom stereocenters. The van der Waals surface area contributed by atoms with Gasteiger partial charge < -0.3 is 10.5 Å². The minimum atomic E-state index is -0.808. The zero-order valence-corrected chi connectivity index (χ0v) is 14.5. The van der Waals surface area contributed by atoms with Crippen LogP contribution in [0.1, 0.15) is 52.0 Å². The lowest BCUT2D eigenvalue weighted by Gasteiger charge is -2.13. The second kappa shape index (κ2) is 10.2. The van der Waals surface area contributed by atoms with Gasteiger partial charge in [-0.2, -0.15) is 0 Å². The van der Waals surface area contributed by atoms with Crippen molar-refractivity contribution in [2.24, 2.45) is 17.6 Å². The first-order valence-corrected chi connectivity index (χ1v) is 8.42. The number of hydrogen-bond donors (Lipinski definition) is 1. The van der Waals surface area contributed by atoms with Crippen molar-refractivity contribution in [2.45, 2.75) is 58.9 Å². The normalized spacial score (nSPS) is 13.6. The van der Waals surface area contributed by atoms with Crippen LogP contribution >= 0.6 is 0 Å². The van der Waals surface area contributed by atoms with Gasteiger partial charge in [0.05, 0.1) is 0 Å². The predicted molar refractivity (Wildman–Crippen MR) is 91.7 cm³/mol. The summed E-state index contributed by atoms with van der Waals surface area (Å²) in [6, 6.07) is 8.65. The molecule has 0 amide bonds. The zero-order valence-electron chi connectivity index (χ0n) is 14.5. The molecule has 23 heavy (non-hydrogen) atoms. The van der Waals surface area contributed by atoms with Gasteiger partial charge in [-0.25, -0.2) is 4.79 Å². The number of esters is 2. The van der Waals surface area contributed by atoms with Crippen LogP contribution in [0.3, 0.4) is 0 Å². The van der Waals surface area contributed by atoms with Crippen molar-refractivity contribution in [1.82, 2.24) is 0 Å². The quantitative estimate of drug-likeness (QED) is 0.559. The van der Waals surface area contributed by atoms with E-state index in [1.165, 1.54) is 0 Å². The van der Waals surface area contributed by atoms with E-state index in [0.29, 0.717) is 12.3 Å². The predicted octanol–water partition coefficient (Wildman–Crippen LogP) is 3.48. The Morgan fingerprint density at radius 2 is 1.74 bits per heavy atom. The van der Waals surface area contributed by atoms with E-state index in [1.807, 2.05) is 37.3 Å². The van der Waals surface area contributed by atoms with Crippen LogP contribution in [0.25, 0.3) is 0 Å². The molecule has 2 unspecified atom stereocenters. The number of ether oxygens (including phenoxy) is 1. The van der Waals surface area contributed by atoms with Crippen molar-refractivity contribution in [3.8, 4) is 0 Å². The van der Waals surface area contributed by atoms with E-state index in [0.717, 1.165) is 24.8 Å².